The molecule has 0 saturated heterocycles. The summed E-state index contributed by atoms with van der Waals surface area (Å²) in [6.45, 7) is 0. The minimum atomic E-state index is -0.633. The third kappa shape index (κ3) is 4.09. The summed E-state index contributed by atoms with van der Waals surface area (Å²) in [5.41, 5.74) is 1.37. The van der Waals surface area contributed by atoms with Gasteiger partial charge in [-0.25, -0.2) is 4.39 Å². The summed E-state index contributed by atoms with van der Waals surface area (Å²) in [6, 6.07) is 18.2. The van der Waals surface area contributed by atoms with Crippen molar-refractivity contribution in [2.45, 2.75) is 0 Å². The van der Waals surface area contributed by atoms with Crippen LogP contribution in [-0.2, 0) is 0 Å². The molecule has 0 radical (unpaired) electrons. The van der Waals surface area contributed by atoms with Crippen molar-refractivity contribution >= 4 is 11.6 Å². The molecule has 0 aliphatic rings. The molecule has 8 heteroatoms. The van der Waals surface area contributed by atoms with E-state index in [1.54, 1.807) is 18.2 Å². The Labute approximate surface area is 177 Å². The van der Waals surface area contributed by atoms with Crippen molar-refractivity contribution in [1.82, 2.24) is 10.1 Å². The molecule has 0 aliphatic carbocycles. The van der Waals surface area contributed by atoms with Crippen molar-refractivity contribution < 1.29 is 23.2 Å². The van der Waals surface area contributed by atoms with E-state index in [0.717, 1.165) is 5.56 Å². The standard InChI is InChI=1S/C23H18FN3O4/c1-29-19-12-16(23-26-21(27-31-23)14-8-4-3-5-9-14)18(13-20(19)30-2)25-22(28)15-10-6-7-11-17(15)24/h3-13H,1-2H3,(H,25,28). The molecule has 0 atom stereocenters. The zero-order chi connectivity index (χ0) is 21.8. The topological polar surface area (TPSA) is 86.5 Å². The minimum Gasteiger partial charge on any atom is -0.493 e. The highest BCUT2D eigenvalue weighted by Crippen LogP contribution is 2.39. The van der Waals surface area contributed by atoms with Crippen LogP contribution in [0.4, 0.5) is 10.1 Å². The van der Waals surface area contributed by atoms with E-state index in [1.165, 1.54) is 32.4 Å². The summed E-state index contributed by atoms with van der Waals surface area (Å²) in [6.07, 6.45) is 0. The van der Waals surface area contributed by atoms with Gasteiger partial charge in [-0.3, -0.25) is 4.79 Å². The van der Waals surface area contributed by atoms with Crippen LogP contribution in [0.5, 0.6) is 11.5 Å². The molecule has 4 aromatic rings. The zero-order valence-corrected chi connectivity index (χ0v) is 16.8. The largest absolute Gasteiger partial charge is 0.493 e. The first kappa shape index (κ1) is 20.1. The summed E-state index contributed by atoms with van der Waals surface area (Å²) >= 11 is 0. The minimum absolute atomic E-state index is 0.0984. The Morgan fingerprint density at radius 3 is 2.35 bits per heavy atom. The van der Waals surface area contributed by atoms with Crippen molar-refractivity contribution in [3.63, 3.8) is 0 Å². The highest BCUT2D eigenvalue weighted by molar-refractivity contribution is 6.06. The van der Waals surface area contributed by atoms with Crippen molar-refractivity contribution in [2.24, 2.45) is 0 Å². The van der Waals surface area contributed by atoms with Crippen LogP contribution in [0.3, 0.4) is 0 Å². The number of nitrogens with one attached hydrogen (secondary N) is 1. The fraction of sp³-hybridized carbons (Fsp3) is 0.0870. The second-order valence-corrected chi connectivity index (χ2v) is 6.48. The van der Waals surface area contributed by atoms with E-state index in [2.05, 4.69) is 15.5 Å². The number of benzene rings is 3. The Morgan fingerprint density at radius 2 is 1.65 bits per heavy atom. The average Bonchev–Trinajstić information content (AvgIpc) is 3.29. The van der Waals surface area contributed by atoms with Gasteiger partial charge < -0.3 is 19.3 Å². The predicted molar refractivity (Wildman–Crippen MR) is 113 cm³/mol. The molecule has 156 valence electrons. The van der Waals surface area contributed by atoms with E-state index in [4.69, 9.17) is 14.0 Å². The lowest BCUT2D eigenvalue weighted by Crippen LogP contribution is -2.14. The van der Waals surface area contributed by atoms with Crippen LogP contribution >= 0.6 is 0 Å². The van der Waals surface area contributed by atoms with Gasteiger partial charge in [0.25, 0.3) is 11.8 Å². The number of anilines is 1. The smallest absolute Gasteiger partial charge is 0.260 e. The predicted octanol–water partition coefficient (Wildman–Crippen LogP) is 4.81. The number of aromatic nitrogens is 2. The van der Waals surface area contributed by atoms with Gasteiger partial charge in [-0.15, -0.1) is 0 Å². The monoisotopic (exact) mass is 419 g/mol. The lowest BCUT2D eigenvalue weighted by Gasteiger charge is -2.14. The fourth-order valence-electron chi connectivity index (χ4n) is 3.03. The summed E-state index contributed by atoms with van der Waals surface area (Å²) < 4.78 is 30.2. The molecule has 31 heavy (non-hydrogen) atoms. The quantitative estimate of drug-likeness (QED) is 0.483. The van der Waals surface area contributed by atoms with Crippen LogP contribution in [0.2, 0.25) is 0 Å². The molecule has 0 bridgehead atoms. The van der Waals surface area contributed by atoms with Gasteiger partial charge in [0.15, 0.2) is 11.5 Å². The third-order valence-electron chi connectivity index (χ3n) is 4.58. The molecule has 0 unspecified atom stereocenters. The number of rotatable bonds is 6. The number of halogens is 1. The third-order valence-corrected chi connectivity index (χ3v) is 4.58. The molecule has 1 N–H and O–H groups in total. The first-order valence-electron chi connectivity index (χ1n) is 9.32. The van der Waals surface area contributed by atoms with Crippen molar-refractivity contribution in [3.8, 4) is 34.3 Å². The number of nitrogens with zero attached hydrogens (tertiary/aromatic N) is 2. The number of amides is 1. The number of carbonyl (C=O) groups excluding carboxylic acids is 1. The van der Waals surface area contributed by atoms with Gasteiger partial charge in [-0.05, 0) is 18.2 Å². The van der Waals surface area contributed by atoms with Crippen LogP contribution in [0.15, 0.2) is 71.3 Å². The Hall–Kier alpha value is -4.20. The van der Waals surface area contributed by atoms with E-state index in [0.29, 0.717) is 28.6 Å². The molecule has 0 saturated carbocycles. The van der Waals surface area contributed by atoms with Crippen LogP contribution < -0.4 is 14.8 Å². The summed E-state index contributed by atoms with van der Waals surface area (Å²) in [7, 11) is 2.96. The summed E-state index contributed by atoms with van der Waals surface area (Å²) in [5, 5.41) is 6.72. The lowest BCUT2D eigenvalue weighted by molar-refractivity contribution is 0.102. The molecular weight excluding hydrogens is 401 g/mol. The van der Waals surface area contributed by atoms with Gasteiger partial charge in [-0.2, -0.15) is 4.98 Å². The number of carbonyl (C=O) groups is 1. The SMILES string of the molecule is COc1cc(NC(=O)c2ccccc2F)c(-c2nc(-c3ccccc3)no2)cc1OC. The van der Waals surface area contributed by atoms with E-state index < -0.39 is 11.7 Å². The maximum atomic E-state index is 14.1. The molecular formula is C23H18FN3O4. The number of hydrogen-bond acceptors (Lipinski definition) is 6. The maximum absolute atomic E-state index is 14.1. The second-order valence-electron chi connectivity index (χ2n) is 6.48. The normalized spacial score (nSPS) is 10.5. The lowest BCUT2D eigenvalue weighted by atomic mass is 10.1. The second kappa shape index (κ2) is 8.66. The van der Waals surface area contributed by atoms with Gasteiger partial charge in [0, 0.05) is 11.6 Å². The number of hydrogen-bond donors (Lipinski definition) is 1. The van der Waals surface area contributed by atoms with E-state index in [9.17, 15) is 9.18 Å². The fourth-order valence-corrected chi connectivity index (χ4v) is 3.03. The number of ether oxygens (including phenoxy) is 2. The van der Waals surface area contributed by atoms with E-state index in [-0.39, 0.29) is 11.5 Å². The molecule has 7 nitrogen and oxygen atoms in total. The molecule has 3 aromatic carbocycles. The van der Waals surface area contributed by atoms with Crippen LogP contribution in [-0.4, -0.2) is 30.3 Å². The Balaban J connectivity index is 1.77. The van der Waals surface area contributed by atoms with E-state index >= 15 is 0 Å². The molecule has 4 rings (SSSR count). The molecule has 0 spiro atoms. The Morgan fingerprint density at radius 1 is 0.968 bits per heavy atom. The van der Waals surface area contributed by atoms with Crippen LogP contribution in [0, 0.1) is 5.82 Å². The number of methoxy groups -OCH3 is 2. The highest BCUT2D eigenvalue weighted by atomic mass is 19.1. The molecule has 1 amide bonds. The van der Waals surface area contributed by atoms with Crippen molar-refractivity contribution in [3.05, 3.63) is 78.1 Å². The first-order chi connectivity index (χ1) is 15.1. The Bertz CT molecular complexity index is 1220. The van der Waals surface area contributed by atoms with Gasteiger partial charge in [0.1, 0.15) is 5.82 Å². The molecule has 1 aromatic heterocycles. The van der Waals surface area contributed by atoms with Crippen LogP contribution in [0.25, 0.3) is 22.8 Å². The average molecular weight is 419 g/mol. The van der Waals surface area contributed by atoms with Gasteiger partial charge >= 0.3 is 0 Å². The van der Waals surface area contributed by atoms with Crippen molar-refractivity contribution in [1.29, 1.82) is 0 Å². The summed E-state index contributed by atoms with van der Waals surface area (Å²) in [5.74, 6) is 0.0553. The van der Waals surface area contributed by atoms with Gasteiger partial charge in [0.2, 0.25) is 5.82 Å². The maximum Gasteiger partial charge on any atom is 0.260 e. The van der Waals surface area contributed by atoms with Gasteiger partial charge in [-0.1, -0.05) is 47.6 Å². The Kier molecular flexibility index (Phi) is 5.61. The molecule has 0 fully saturated rings. The zero-order valence-electron chi connectivity index (χ0n) is 16.8. The van der Waals surface area contributed by atoms with Crippen molar-refractivity contribution in [2.75, 3.05) is 19.5 Å². The molecule has 1 heterocycles. The molecule has 0 aliphatic heterocycles. The summed E-state index contributed by atoms with van der Waals surface area (Å²) in [4.78, 5) is 17.1. The first-order valence-corrected chi connectivity index (χ1v) is 9.32. The van der Waals surface area contributed by atoms with E-state index in [1.807, 2.05) is 30.3 Å². The van der Waals surface area contributed by atoms with Crippen LogP contribution in [0.1, 0.15) is 10.4 Å². The van der Waals surface area contributed by atoms with Gasteiger partial charge in [0.05, 0.1) is 31.0 Å². The highest BCUT2D eigenvalue weighted by Gasteiger charge is 2.21.